The van der Waals surface area contributed by atoms with Gasteiger partial charge >= 0.3 is 7.25 Å². The second-order valence-corrected chi connectivity index (χ2v) is 3.73. The summed E-state index contributed by atoms with van der Waals surface area (Å²) in [6, 6.07) is 0. The van der Waals surface area contributed by atoms with Gasteiger partial charge in [-0.1, -0.05) is 0 Å². The van der Waals surface area contributed by atoms with Crippen molar-refractivity contribution in [2.75, 3.05) is 0 Å². The maximum Gasteiger partial charge on any atom is 0.673 e. The van der Waals surface area contributed by atoms with Gasteiger partial charge in [0.1, 0.15) is 18.8 Å². The van der Waals surface area contributed by atoms with E-state index in [9.17, 15) is 17.3 Å². The Morgan fingerprint density at radius 2 is 1.05 bits per heavy atom. The van der Waals surface area contributed by atoms with Crippen molar-refractivity contribution in [2.45, 2.75) is 12.8 Å². The van der Waals surface area contributed by atoms with Crippen LogP contribution in [-0.4, -0.2) is 7.25 Å². The molecule has 3 saturated carbocycles. The Morgan fingerprint density at radius 1 is 0.737 bits per heavy atom. The van der Waals surface area contributed by atoms with Gasteiger partial charge in [0.05, 0.1) is 0 Å². The van der Waals surface area contributed by atoms with Gasteiger partial charge in [0.15, 0.2) is 5.92 Å². The largest absolute Gasteiger partial charge is 0.673 e. The van der Waals surface area contributed by atoms with Crippen molar-refractivity contribution in [1.29, 1.82) is 0 Å². The topological polar surface area (TPSA) is 0 Å². The third kappa shape index (κ3) is 12.9. The molecule has 0 atom stereocenters. The molecule has 0 amide bonds. The molecule has 3 fully saturated rings. The Bertz CT molecular complexity index is 196. The van der Waals surface area contributed by atoms with Crippen LogP contribution in [0, 0.1) is 69.6 Å². The van der Waals surface area contributed by atoms with E-state index in [-0.39, 0.29) is 17.1 Å². The van der Waals surface area contributed by atoms with Gasteiger partial charge in [-0.3, -0.25) is 0 Å². The van der Waals surface area contributed by atoms with Crippen LogP contribution in [0.2, 0.25) is 0 Å². The van der Waals surface area contributed by atoms with Crippen molar-refractivity contribution in [2.24, 2.45) is 0 Å². The molecule has 3 aliphatic carbocycles. The van der Waals surface area contributed by atoms with Gasteiger partial charge < -0.3 is 17.3 Å². The van der Waals surface area contributed by atoms with Gasteiger partial charge in [0.25, 0.3) is 0 Å². The molecule has 3 aliphatic rings. The number of halogens is 4. The van der Waals surface area contributed by atoms with Gasteiger partial charge in [0.2, 0.25) is 0 Å². The molecular formula is C13H13BF4Fe. The standard InChI is InChI=1S/C8H8.C5H5.BF4.Fe/c1-2-4-7(3-1)8-5-6-8;1-2-4-5-3-1;2-1(3,4)5;/h1-4H,5-6H2;1-5H;;/q+1;;-1;. The molecule has 0 bridgehead atoms. The zero-order valence-electron chi connectivity index (χ0n) is 10.1. The maximum atomic E-state index is 9.75. The first-order valence-corrected chi connectivity index (χ1v) is 5.57. The van der Waals surface area contributed by atoms with Crippen LogP contribution in [0.3, 0.4) is 0 Å². The van der Waals surface area contributed by atoms with E-state index in [1.165, 1.54) is 18.8 Å². The first-order chi connectivity index (χ1) is 8.47. The van der Waals surface area contributed by atoms with Crippen molar-refractivity contribution >= 4 is 7.25 Å². The molecular weight excluding hydrogens is 299 g/mol. The van der Waals surface area contributed by atoms with Crippen molar-refractivity contribution in [3.63, 3.8) is 0 Å². The first-order valence-electron chi connectivity index (χ1n) is 5.57. The fourth-order valence-electron chi connectivity index (χ4n) is 1.28. The minimum atomic E-state index is -6.00. The number of rotatable bonds is 1. The van der Waals surface area contributed by atoms with Crippen molar-refractivity contribution in [1.82, 2.24) is 0 Å². The maximum absolute atomic E-state index is 9.75. The molecule has 6 heteroatoms. The summed E-state index contributed by atoms with van der Waals surface area (Å²) in [4.78, 5) is 0. The fourth-order valence-corrected chi connectivity index (χ4v) is 1.28. The molecule has 0 aliphatic heterocycles. The normalized spacial score (nSPS) is 21.8. The van der Waals surface area contributed by atoms with Crippen molar-refractivity contribution < 1.29 is 34.3 Å². The Labute approximate surface area is 124 Å². The van der Waals surface area contributed by atoms with Crippen LogP contribution in [0.1, 0.15) is 12.8 Å². The molecule has 0 spiro atoms. The number of hydrogen-bond acceptors (Lipinski definition) is 0. The van der Waals surface area contributed by atoms with E-state index in [0.29, 0.717) is 0 Å². The minimum absolute atomic E-state index is 0. The smallest absolute Gasteiger partial charge is 0.418 e. The summed E-state index contributed by atoms with van der Waals surface area (Å²) in [6.45, 7) is 0. The summed E-state index contributed by atoms with van der Waals surface area (Å²) in [6.07, 6.45) is 21.2. The SMILES string of the molecule is F[B-](F)(F)F.[CH]1[CH][CH][CH][CH]1.[CH]1[CH][CH][C]([C+]2CC2)[CH]1.[Fe]. The molecule has 3 rings (SSSR count). The number of hydrogen-bond donors (Lipinski definition) is 0. The van der Waals surface area contributed by atoms with E-state index in [1.807, 2.05) is 32.1 Å². The average molecular weight is 312 g/mol. The Morgan fingerprint density at radius 3 is 1.32 bits per heavy atom. The van der Waals surface area contributed by atoms with Crippen LogP contribution in [0.4, 0.5) is 17.3 Å². The van der Waals surface area contributed by atoms with Gasteiger partial charge in [-0.2, -0.15) is 0 Å². The Kier molecular flexibility index (Phi) is 10.1. The molecule has 0 aromatic carbocycles. The average Bonchev–Trinajstić information content (AvgIpc) is 2.81. The van der Waals surface area contributed by atoms with E-state index in [2.05, 4.69) is 25.7 Å². The molecule has 10 radical (unpaired) electrons. The molecule has 0 saturated heterocycles. The van der Waals surface area contributed by atoms with Gasteiger partial charge in [-0.25, -0.2) is 0 Å². The molecule has 0 unspecified atom stereocenters. The zero-order valence-corrected chi connectivity index (χ0v) is 11.2. The van der Waals surface area contributed by atoms with Crippen LogP contribution >= 0.6 is 0 Å². The third-order valence-electron chi connectivity index (χ3n) is 2.13. The summed E-state index contributed by atoms with van der Waals surface area (Å²) >= 11 is 0. The summed E-state index contributed by atoms with van der Waals surface area (Å²) in [5, 5.41) is 0. The third-order valence-corrected chi connectivity index (χ3v) is 2.13. The monoisotopic (exact) mass is 312 g/mol. The Balaban J connectivity index is 0.000000263. The quantitative estimate of drug-likeness (QED) is 0.389. The summed E-state index contributed by atoms with van der Waals surface area (Å²) < 4.78 is 39.0. The van der Waals surface area contributed by atoms with E-state index in [1.54, 1.807) is 5.92 Å². The van der Waals surface area contributed by atoms with E-state index in [0.717, 1.165) is 0 Å². The second-order valence-electron chi connectivity index (χ2n) is 3.73. The first kappa shape index (κ1) is 19.2. The van der Waals surface area contributed by atoms with E-state index < -0.39 is 7.25 Å². The van der Waals surface area contributed by atoms with Crippen LogP contribution in [-0.2, 0) is 17.1 Å². The summed E-state index contributed by atoms with van der Waals surface area (Å²) in [5.74, 6) is 3.10. The summed E-state index contributed by atoms with van der Waals surface area (Å²) in [5.41, 5.74) is 0. The molecule has 0 aromatic rings. The van der Waals surface area contributed by atoms with Crippen LogP contribution in [0.25, 0.3) is 0 Å². The van der Waals surface area contributed by atoms with E-state index in [4.69, 9.17) is 0 Å². The minimum Gasteiger partial charge on any atom is -0.418 e. The van der Waals surface area contributed by atoms with Crippen molar-refractivity contribution in [3.05, 3.63) is 69.6 Å². The van der Waals surface area contributed by atoms with Crippen LogP contribution in [0.5, 0.6) is 0 Å². The van der Waals surface area contributed by atoms with Crippen molar-refractivity contribution in [3.8, 4) is 0 Å². The van der Waals surface area contributed by atoms with Crippen LogP contribution in [0.15, 0.2) is 0 Å². The predicted octanol–water partition coefficient (Wildman–Crippen LogP) is 4.08. The fraction of sp³-hybridized carbons (Fsp3) is 0.154. The molecule has 19 heavy (non-hydrogen) atoms. The predicted molar refractivity (Wildman–Crippen MR) is 64.6 cm³/mol. The molecule has 0 aromatic heterocycles. The van der Waals surface area contributed by atoms with Gasteiger partial charge in [-0.15, -0.1) is 0 Å². The zero-order chi connectivity index (χ0) is 13.4. The van der Waals surface area contributed by atoms with Gasteiger partial charge in [0, 0.05) is 29.9 Å². The van der Waals surface area contributed by atoms with Crippen LogP contribution < -0.4 is 0 Å². The molecule has 104 valence electrons. The second kappa shape index (κ2) is 9.98. The van der Waals surface area contributed by atoms with Gasteiger partial charge in [-0.05, 0) is 44.9 Å². The molecule has 0 N–H and O–H groups in total. The molecule has 0 nitrogen and oxygen atoms in total. The summed E-state index contributed by atoms with van der Waals surface area (Å²) in [7, 11) is -6.00. The molecule has 0 heterocycles. The van der Waals surface area contributed by atoms with E-state index >= 15 is 0 Å². The Hall–Kier alpha value is 0.174.